The molecule has 3 heteroatoms. The number of esters is 1. The number of carbonyl (C=O) groups is 2. The van der Waals surface area contributed by atoms with Gasteiger partial charge in [0.1, 0.15) is 0 Å². The zero-order chi connectivity index (χ0) is 14.9. The first-order valence-corrected chi connectivity index (χ1v) is 6.67. The quantitative estimate of drug-likeness (QED) is 0.487. The lowest BCUT2D eigenvalue weighted by Gasteiger charge is -2.05. The van der Waals surface area contributed by atoms with Gasteiger partial charge in [0.05, 0.1) is 6.61 Å². The Morgan fingerprint density at radius 1 is 1.05 bits per heavy atom. The lowest BCUT2D eigenvalue weighted by molar-refractivity contribution is -0.137. The molecule has 0 aliphatic heterocycles. The summed E-state index contributed by atoms with van der Waals surface area (Å²) in [4.78, 5) is 23.8. The van der Waals surface area contributed by atoms with Gasteiger partial charge < -0.3 is 4.74 Å². The highest BCUT2D eigenvalue weighted by molar-refractivity contribution is 6.42. The molecule has 104 valence electrons. The smallest absolute Gasteiger partial charge is 0.379 e. The van der Waals surface area contributed by atoms with Crippen molar-refractivity contribution in [1.29, 1.82) is 0 Å². The van der Waals surface area contributed by atoms with Crippen LogP contribution in [0.2, 0.25) is 0 Å². The van der Waals surface area contributed by atoms with E-state index in [2.05, 4.69) is 6.07 Å². The molecule has 2 aliphatic rings. The van der Waals surface area contributed by atoms with E-state index in [1.165, 1.54) is 0 Å². The van der Waals surface area contributed by atoms with Gasteiger partial charge in [-0.2, -0.15) is 0 Å². The van der Waals surface area contributed by atoms with Crippen LogP contribution in [-0.2, 0) is 9.53 Å². The monoisotopic (exact) mass is 270 g/mol. The molecule has 0 spiro atoms. The van der Waals surface area contributed by atoms with E-state index in [0.29, 0.717) is 5.56 Å². The third kappa shape index (κ3) is 2.44. The lowest BCUT2D eigenvalue weighted by Crippen LogP contribution is -2.17. The molecule has 20 heavy (non-hydrogen) atoms. The Morgan fingerprint density at radius 2 is 1.70 bits per heavy atom. The third-order valence-electron chi connectivity index (χ3n) is 3.37. The molecule has 2 rings (SSSR count). The predicted molar refractivity (Wildman–Crippen MR) is 78.2 cm³/mol. The van der Waals surface area contributed by atoms with Gasteiger partial charge in [0, 0.05) is 5.56 Å². The minimum absolute atomic E-state index is 0.202. The SMILES string of the molecule is CCOC(=O)C(=O)c1ccc2c(C)cc(C)cc(C)c1-2. The molecular weight excluding hydrogens is 252 g/mol. The second kappa shape index (κ2) is 5.45. The standard InChI is InChI=1S/C17H18O3/c1-5-20-17(19)16(18)14-7-6-13-11(3)8-10(2)9-12(4)15(13)14/h6-9H,5H2,1-4H3. The van der Waals surface area contributed by atoms with Crippen LogP contribution >= 0.6 is 0 Å². The topological polar surface area (TPSA) is 43.4 Å². The van der Waals surface area contributed by atoms with Crippen LogP contribution in [0.4, 0.5) is 0 Å². The Balaban J connectivity index is 2.60. The summed E-state index contributed by atoms with van der Waals surface area (Å²) in [5, 5.41) is 0. The maximum atomic E-state index is 12.2. The van der Waals surface area contributed by atoms with Gasteiger partial charge in [-0.1, -0.05) is 23.8 Å². The van der Waals surface area contributed by atoms with E-state index >= 15 is 0 Å². The van der Waals surface area contributed by atoms with E-state index in [4.69, 9.17) is 4.74 Å². The van der Waals surface area contributed by atoms with Crippen LogP contribution in [0.25, 0.3) is 11.1 Å². The van der Waals surface area contributed by atoms with Crippen LogP contribution in [0.3, 0.4) is 0 Å². The van der Waals surface area contributed by atoms with Crippen molar-refractivity contribution in [2.75, 3.05) is 6.61 Å². The van der Waals surface area contributed by atoms with E-state index in [1.54, 1.807) is 13.0 Å². The number of ketones is 1. The largest absolute Gasteiger partial charge is 0.460 e. The van der Waals surface area contributed by atoms with Crippen molar-refractivity contribution >= 4 is 11.8 Å². The number of Topliss-reactive ketones (excluding diaryl/α,β-unsaturated/α-hetero) is 1. The average molecular weight is 270 g/mol. The van der Waals surface area contributed by atoms with Crippen LogP contribution < -0.4 is 0 Å². The molecule has 0 N–H and O–H groups in total. The Labute approximate surface area is 118 Å². The Morgan fingerprint density at radius 3 is 2.35 bits per heavy atom. The number of carbonyl (C=O) groups excluding carboxylic acids is 2. The number of aryl methyl sites for hydroxylation is 3. The van der Waals surface area contributed by atoms with Crippen molar-refractivity contribution in [2.24, 2.45) is 0 Å². The number of hydrogen-bond donors (Lipinski definition) is 0. The van der Waals surface area contributed by atoms with Gasteiger partial charge in [-0.05, 0) is 56.0 Å². The Kier molecular flexibility index (Phi) is 3.89. The maximum absolute atomic E-state index is 12.2. The molecule has 0 aromatic carbocycles. The molecule has 0 aromatic rings. The van der Waals surface area contributed by atoms with E-state index in [9.17, 15) is 9.59 Å². The highest BCUT2D eigenvalue weighted by Gasteiger charge is 2.24. The minimum Gasteiger partial charge on any atom is -0.460 e. The fourth-order valence-electron chi connectivity index (χ4n) is 2.60. The van der Waals surface area contributed by atoms with E-state index in [-0.39, 0.29) is 6.61 Å². The van der Waals surface area contributed by atoms with Crippen LogP contribution in [0, 0.1) is 20.8 Å². The van der Waals surface area contributed by atoms with Crippen LogP contribution in [0.1, 0.15) is 34.0 Å². The molecular formula is C17H18O3. The van der Waals surface area contributed by atoms with Crippen molar-refractivity contribution < 1.29 is 14.3 Å². The summed E-state index contributed by atoms with van der Waals surface area (Å²) in [7, 11) is 0. The Bertz CT molecular complexity index is 656. The van der Waals surface area contributed by atoms with E-state index in [1.807, 2.05) is 32.9 Å². The molecule has 0 radical (unpaired) electrons. The van der Waals surface area contributed by atoms with Crippen LogP contribution in [0.15, 0.2) is 24.3 Å². The van der Waals surface area contributed by atoms with Gasteiger partial charge in [-0.15, -0.1) is 0 Å². The van der Waals surface area contributed by atoms with Gasteiger partial charge in [0.25, 0.3) is 5.78 Å². The molecule has 0 unspecified atom stereocenters. The molecule has 0 atom stereocenters. The molecule has 0 saturated heterocycles. The molecule has 0 bridgehead atoms. The molecule has 0 heterocycles. The summed E-state index contributed by atoms with van der Waals surface area (Å²) in [6.07, 6.45) is 0. The highest BCUT2D eigenvalue weighted by Crippen LogP contribution is 2.34. The molecule has 0 saturated carbocycles. The number of fused-ring (bicyclic) bond motifs is 1. The lowest BCUT2D eigenvalue weighted by atomic mass is 10.00. The fraction of sp³-hybridized carbons (Fsp3) is 0.294. The fourth-order valence-corrected chi connectivity index (χ4v) is 2.60. The van der Waals surface area contributed by atoms with E-state index in [0.717, 1.165) is 27.8 Å². The summed E-state index contributed by atoms with van der Waals surface area (Å²) < 4.78 is 4.81. The second-order valence-corrected chi connectivity index (χ2v) is 4.98. The first-order valence-electron chi connectivity index (χ1n) is 6.67. The Hall–Kier alpha value is -2.16. The van der Waals surface area contributed by atoms with Gasteiger partial charge in [-0.3, -0.25) is 4.79 Å². The van der Waals surface area contributed by atoms with Crippen molar-refractivity contribution in [3.63, 3.8) is 0 Å². The van der Waals surface area contributed by atoms with Gasteiger partial charge in [-0.25, -0.2) is 4.79 Å². The number of ether oxygens (including phenoxy) is 1. The molecule has 2 aliphatic carbocycles. The van der Waals surface area contributed by atoms with Crippen molar-refractivity contribution in [1.82, 2.24) is 0 Å². The predicted octanol–water partition coefficient (Wildman–Crippen LogP) is 3.46. The highest BCUT2D eigenvalue weighted by atomic mass is 16.5. The first kappa shape index (κ1) is 14.3. The third-order valence-corrected chi connectivity index (χ3v) is 3.37. The van der Waals surface area contributed by atoms with Crippen LogP contribution in [-0.4, -0.2) is 18.4 Å². The summed E-state index contributed by atoms with van der Waals surface area (Å²) in [6, 6.07) is 7.70. The zero-order valence-corrected chi connectivity index (χ0v) is 12.2. The van der Waals surface area contributed by atoms with Crippen LogP contribution in [0.5, 0.6) is 0 Å². The zero-order valence-electron chi connectivity index (χ0n) is 12.2. The van der Waals surface area contributed by atoms with Gasteiger partial charge in [0.2, 0.25) is 0 Å². The summed E-state index contributed by atoms with van der Waals surface area (Å²) in [5.74, 6) is -1.37. The molecule has 0 aromatic heterocycles. The van der Waals surface area contributed by atoms with Crippen molar-refractivity contribution in [3.05, 3.63) is 46.5 Å². The normalized spacial score (nSPS) is 10.6. The molecule has 0 amide bonds. The molecule has 0 fully saturated rings. The summed E-state index contributed by atoms with van der Waals surface area (Å²) >= 11 is 0. The summed E-state index contributed by atoms with van der Waals surface area (Å²) in [6.45, 7) is 7.87. The molecule has 3 nitrogen and oxygen atoms in total. The van der Waals surface area contributed by atoms with Crippen molar-refractivity contribution in [3.8, 4) is 11.1 Å². The van der Waals surface area contributed by atoms with Crippen molar-refractivity contribution in [2.45, 2.75) is 27.7 Å². The van der Waals surface area contributed by atoms with Gasteiger partial charge >= 0.3 is 5.97 Å². The maximum Gasteiger partial charge on any atom is 0.379 e. The first-order chi connectivity index (χ1) is 9.45. The second-order valence-electron chi connectivity index (χ2n) is 4.98. The van der Waals surface area contributed by atoms with E-state index < -0.39 is 11.8 Å². The number of rotatable bonds is 3. The average Bonchev–Trinajstić information content (AvgIpc) is 2.78. The summed E-state index contributed by atoms with van der Waals surface area (Å²) in [5.41, 5.74) is 5.48. The minimum atomic E-state index is -0.791. The van der Waals surface area contributed by atoms with Gasteiger partial charge in [0.15, 0.2) is 0 Å². The number of hydrogen-bond acceptors (Lipinski definition) is 3.